The predicted octanol–water partition coefficient (Wildman–Crippen LogP) is 2.51. The van der Waals surface area contributed by atoms with Crippen LogP contribution in [0.5, 0.6) is 0 Å². The van der Waals surface area contributed by atoms with Gasteiger partial charge in [0.2, 0.25) is 0 Å². The van der Waals surface area contributed by atoms with Gasteiger partial charge in [-0.2, -0.15) is 0 Å². The first-order chi connectivity index (χ1) is 8.22. The third-order valence-electron chi connectivity index (χ3n) is 3.17. The molecule has 2 atom stereocenters. The molecule has 2 N–H and O–H groups in total. The van der Waals surface area contributed by atoms with Crippen LogP contribution in [0.1, 0.15) is 18.9 Å². The van der Waals surface area contributed by atoms with E-state index in [0.717, 1.165) is 10.9 Å². The van der Waals surface area contributed by atoms with Crippen molar-refractivity contribution in [2.45, 2.75) is 32.0 Å². The Bertz CT molecular complexity index is 488. The SMILES string of the molecule is CCC(O)C(O)Cc1cccc2ccccc12. The molecule has 2 heteroatoms. The summed E-state index contributed by atoms with van der Waals surface area (Å²) >= 11 is 0. The number of fused-ring (bicyclic) bond motifs is 1. The number of aliphatic hydroxyl groups excluding tert-OH is 2. The number of rotatable bonds is 4. The molecule has 0 aliphatic carbocycles. The summed E-state index contributed by atoms with van der Waals surface area (Å²) in [5, 5.41) is 21.8. The lowest BCUT2D eigenvalue weighted by molar-refractivity contribution is 0.0183. The van der Waals surface area contributed by atoms with E-state index in [4.69, 9.17) is 0 Å². The fourth-order valence-electron chi connectivity index (χ4n) is 2.10. The molecule has 90 valence electrons. The second kappa shape index (κ2) is 5.30. The van der Waals surface area contributed by atoms with Gasteiger partial charge in [-0.3, -0.25) is 0 Å². The normalized spacial score (nSPS) is 14.8. The molecule has 0 aromatic heterocycles. The van der Waals surface area contributed by atoms with Gasteiger partial charge >= 0.3 is 0 Å². The zero-order valence-electron chi connectivity index (χ0n) is 10.0. The zero-order valence-corrected chi connectivity index (χ0v) is 10.0. The van der Waals surface area contributed by atoms with E-state index in [-0.39, 0.29) is 0 Å². The molecule has 2 nitrogen and oxygen atoms in total. The quantitative estimate of drug-likeness (QED) is 0.847. The van der Waals surface area contributed by atoms with Gasteiger partial charge in [0.25, 0.3) is 0 Å². The summed E-state index contributed by atoms with van der Waals surface area (Å²) in [4.78, 5) is 0. The fraction of sp³-hybridized carbons (Fsp3) is 0.333. The highest BCUT2D eigenvalue weighted by atomic mass is 16.3. The van der Waals surface area contributed by atoms with Crippen LogP contribution in [0, 0.1) is 0 Å². The highest BCUT2D eigenvalue weighted by molar-refractivity contribution is 5.85. The van der Waals surface area contributed by atoms with Gasteiger partial charge in [0, 0.05) is 6.42 Å². The maximum atomic E-state index is 9.88. The van der Waals surface area contributed by atoms with Crippen LogP contribution in [-0.2, 0) is 6.42 Å². The van der Waals surface area contributed by atoms with Crippen molar-refractivity contribution in [1.29, 1.82) is 0 Å². The fourth-order valence-corrected chi connectivity index (χ4v) is 2.10. The first kappa shape index (κ1) is 12.1. The predicted molar refractivity (Wildman–Crippen MR) is 70.0 cm³/mol. The van der Waals surface area contributed by atoms with Gasteiger partial charge in [0.15, 0.2) is 0 Å². The molecule has 0 amide bonds. The maximum absolute atomic E-state index is 9.88. The first-order valence-corrected chi connectivity index (χ1v) is 6.05. The topological polar surface area (TPSA) is 40.5 Å². The molecular weight excluding hydrogens is 212 g/mol. The highest BCUT2D eigenvalue weighted by Gasteiger charge is 2.15. The van der Waals surface area contributed by atoms with Gasteiger partial charge in [-0.1, -0.05) is 49.4 Å². The van der Waals surface area contributed by atoms with Crippen molar-refractivity contribution < 1.29 is 10.2 Å². The molecule has 0 aliphatic heterocycles. The summed E-state index contributed by atoms with van der Waals surface area (Å²) in [6.07, 6.45) is -0.262. The van der Waals surface area contributed by atoms with Crippen LogP contribution in [0.25, 0.3) is 10.8 Å². The molecule has 0 fully saturated rings. The van der Waals surface area contributed by atoms with Crippen molar-refractivity contribution in [2.75, 3.05) is 0 Å². The standard InChI is InChI=1S/C15H18O2/c1-2-14(16)15(17)10-12-8-5-7-11-6-3-4-9-13(11)12/h3-9,14-17H,2,10H2,1H3. The number of hydrogen-bond donors (Lipinski definition) is 2. The lowest BCUT2D eigenvalue weighted by Gasteiger charge is -2.17. The van der Waals surface area contributed by atoms with Gasteiger partial charge in [0.1, 0.15) is 0 Å². The first-order valence-electron chi connectivity index (χ1n) is 6.05. The van der Waals surface area contributed by atoms with Gasteiger partial charge in [-0.15, -0.1) is 0 Å². The van der Waals surface area contributed by atoms with Crippen molar-refractivity contribution in [3.63, 3.8) is 0 Å². The lowest BCUT2D eigenvalue weighted by Crippen LogP contribution is -2.27. The van der Waals surface area contributed by atoms with Crippen molar-refractivity contribution in [3.8, 4) is 0 Å². The molecule has 0 spiro atoms. The van der Waals surface area contributed by atoms with Crippen molar-refractivity contribution in [2.24, 2.45) is 0 Å². The monoisotopic (exact) mass is 230 g/mol. The van der Waals surface area contributed by atoms with Gasteiger partial charge in [-0.05, 0) is 22.8 Å². The number of aliphatic hydroxyl groups is 2. The summed E-state index contributed by atoms with van der Waals surface area (Å²) in [7, 11) is 0. The zero-order chi connectivity index (χ0) is 12.3. The molecule has 0 radical (unpaired) electrons. The van der Waals surface area contributed by atoms with Gasteiger partial charge < -0.3 is 10.2 Å². The second-order valence-electron chi connectivity index (χ2n) is 4.39. The van der Waals surface area contributed by atoms with Crippen LogP contribution in [0.4, 0.5) is 0 Å². The smallest absolute Gasteiger partial charge is 0.0839 e. The molecule has 2 rings (SSSR count). The average Bonchev–Trinajstić information content (AvgIpc) is 2.38. The molecule has 2 aromatic rings. The molecule has 0 heterocycles. The minimum absolute atomic E-state index is 0.496. The van der Waals surface area contributed by atoms with Crippen LogP contribution in [-0.4, -0.2) is 22.4 Å². The summed E-state index contributed by atoms with van der Waals surface area (Å²) in [5.74, 6) is 0. The minimum atomic E-state index is -0.689. The van der Waals surface area contributed by atoms with E-state index < -0.39 is 12.2 Å². The van der Waals surface area contributed by atoms with Gasteiger partial charge in [0.05, 0.1) is 12.2 Å². The molecular formula is C15H18O2. The summed E-state index contributed by atoms with van der Waals surface area (Å²) in [5.41, 5.74) is 1.09. The van der Waals surface area contributed by atoms with E-state index in [1.54, 1.807) is 0 Å². The molecule has 2 unspecified atom stereocenters. The Morgan fingerprint density at radius 3 is 2.41 bits per heavy atom. The Balaban J connectivity index is 2.30. The summed E-state index contributed by atoms with van der Waals surface area (Å²) in [6.45, 7) is 1.87. The second-order valence-corrected chi connectivity index (χ2v) is 4.39. The van der Waals surface area contributed by atoms with Crippen LogP contribution < -0.4 is 0 Å². The van der Waals surface area contributed by atoms with E-state index in [1.165, 1.54) is 5.39 Å². The Morgan fingerprint density at radius 1 is 0.941 bits per heavy atom. The molecule has 0 saturated carbocycles. The van der Waals surface area contributed by atoms with Crippen LogP contribution in [0.3, 0.4) is 0 Å². The van der Waals surface area contributed by atoms with E-state index in [1.807, 2.05) is 31.2 Å². The van der Waals surface area contributed by atoms with Crippen molar-refractivity contribution in [3.05, 3.63) is 48.0 Å². The highest BCUT2D eigenvalue weighted by Crippen LogP contribution is 2.20. The Morgan fingerprint density at radius 2 is 1.65 bits per heavy atom. The van der Waals surface area contributed by atoms with Crippen molar-refractivity contribution in [1.82, 2.24) is 0 Å². The largest absolute Gasteiger partial charge is 0.390 e. The molecule has 0 aliphatic rings. The summed E-state index contributed by atoms with van der Waals surface area (Å²) < 4.78 is 0. The van der Waals surface area contributed by atoms with E-state index in [2.05, 4.69) is 18.2 Å². The Hall–Kier alpha value is -1.38. The lowest BCUT2D eigenvalue weighted by atomic mass is 9.97. The van der Waals surface area contributed by atoms with E-state index in [9.17, 15) is 10.2 Å². The van der Waals surface area contributed by atoms with Crippen molar-refractivity contribution >= 4 is 10.8 Å². The van der Waals surface area contributed by atoms with E-state index in [0.29, 0.717) is 12.8 Å². The van der Waals surface area contributed by atoms with Crippen LogP contribution in [0.2, 0.25) is 0 Å². The average molecular weight is 230 g/mol. The van der Waals surface area contributed by atoms with Crippen LogP contribution in [0.15, 0.2) is 42.5 Å². The number of hydrogen-bond acceptors (Lipinski definition) is 2. The number of benzene rings is 2. The third-order valence-corrected chi connectivity index (χ3v) is 3.17. The molecule has 2 aromatic carbocycles. The minimum Gasteiger partial charge on any atom is -0.390 e. The molecule has 0 bridgehead atoms. The van der Waals surface area contributed by atoms with E-state index >= 15 is 0 Å². The van der Waals surface area contributed by atoms with Gasteiger partial charge in [-0.25, -0.2) is 0 Å². The third kappa shape index (κ3) is 2.65. The van der Waals surface area contributed by atoms with Crippen LogP contribution >= 0.6 is 0 Å². The molecule has 17 heavy (non-hydrogen) atoms. The summed E-state index contributed by atoms with van der Waals surface area (Å²) in [6, 6.07) is 14.2. The maximum Gasteiger partial charge on any atom is 0.0839 e. The molecule has 0 saturated heterocycles. The Labute approximate surface area is 102 Å². The Kier molecular flexibility index (Phi) is 3.77.